The Kier molecular flexibility index (Phi) is 26.0. The number of para-hydroxylation sites is 2. The molecule has 9 amide bonds. The number of carboxylic acid groups (broad SMARTS) is 3. The summed E-state index contributed by atoms with van der Waals surface area (Å²) < 4.78 is 6.39. The predicted octanol–water partition coefficient (Wildman–Crippen LogP) is -0.345. The fraction of sp³-hybridized carbons (Fsp3) is 0.492. The first-order valence-electron chi connectivity index (χ1n) is 28.7. The van der Waals surface area contributed by atoms with E-state index in [4.69, 9.17) is 10.2 Å². The summed E-state index contributed by atoms with van der Waals surface area (Å²) in [4.78, 5) is 163. The van der Waals surface area contributed by atoms with E-state index >= 15 is 0 Å². The maximum atomic E-state index is 14.4. The summed E-state index contributed by atoms with van der Waals surface area (Å²) in [5, 5.41) is 73.6. The van der Waals surface area contributed by atoms with Crippen molar-refractivity contribution in [3.63, 3.8) is 0 Å². The molecule has 1 aliphatic heterocycles. The summed E-state index contributed by atoms with van der Waals surface area (Å²) in [6, 6.07) is 2.63. The van der Waals surface area contributed by atoms with Crippen LogP contribution >= 0.6 is 0 Å². The molecule has 28 heteroatoms. The fourth-order valence-electron chi connectivity index (χ4n) is 9.72. The van der Waals surface area contributed by atoms with E-state index in [1.807, 2.05) is 0 Å². The number of aryl methyl sites for hydroxylation is 1. The van der Waals surface area contributed by atoms with Gasteiger partial charge in [-0.15, -0.1) is 0 Å². The van der Waals surface area contributed by atoms with Crippen molar-refractivity contribution in [2.75, 3.05) is 19.7 Å². The van der Waals surface area contributed by atoms with Crippen molar-refractivity contribution in [3.05, 3.63) is 77.4 Å². The molecule has 2 bridgehead atoms. The summed E-state index contributed by atoms with van der Waals surface area (Å²) >= 11 is 0. The minimum absolute atomic E-state index is 0.0138. The fourth-order valence-corrected chi connectivity index (χ4v) is 9.72. The molecular formula is C59H78N10O18. The van der Waals surface area contributed by atoms with Gasteiger partial charge in [-0.2, -0.15) is 0 Å². The number of hydrogen-bond acceptors (Lipinski definition) is 16. The number of aromatic hydroxyl groups is 1. The Morgan fingerprint density at radius 2 is 0.966 bits per heavy atom. The molecule has 0 saturated carbocycles. The smallest absolute Gasteiger partial charge is 0.305 e. The van der Waals surface area contributed by atoms with E-state index in [-0.39, 0.29) is 70.2 Å². The zero-order chi connectivity index (χ0) is 64.1. The minimum atomic E-state index is -1.95. The van der Waals surface area contributed by atoms with Gasteiger partial charge in [0.05, 0.1) is 25.9 Å². The molecule has 5 rings (SSSR count). The average molecular weight is 1220 g/mol. The number of phenolic OH excluding ortho intramolecular Hbond substituents is 1. The highest BCUT2D eigenvalue weighted by Crippen LogP contribution is 2.33. The van der Waals surface area contributed by atoms with Crippen molar-refractivity contribution in [1.29, 1.82) is 0 Å². The maximum Gasteiger partial charge on any atom is 0.305 e. The number of phenols is 1. The van der Waals surface area contributed by atoms with Crippen LogP contribution in [0.15, 0.2) is 65.1 Å². The van der Waals surface area contributed by atoms with Gasteiger partial charge >= 0.3 is 17.9 Å². The number of rotatable bonds is 17. The molecule has 28 nitrogen and oxygen atoms in total. The molecule has 1 aliphatic rings. The van der Waals surface area contributed by atoms with Crippen LogP contribution in [-0.4, -0.2) is 165 Å². The second-order valence-corrected chi connectivity index (χ2v) is 21.5. The number of hydrogen-bond donors (Lipinski definition) is 15. The lowest BCUT2D eigenvalue weighted by Gasteiger charge is -2.30. The number of unbranched alkanes of at least 4 members (excludes halogenated alkanes) is 1. The third-order valence-electron chi connectivity index (χ3n) is 15.0. The van der Waals surface area contributed by atoms with Gasteiger partial charge in [0.25, 0.3) is 0 Å². The van der Waals surface area contributed by atoms with Crippen LogP contribution in [0.3, 0.4) is 0 Å². The number of amides is 9. The highest BCUT2D eigenvalue weighted by atomic mass is 16.4. The van der Waals surface area contributed by atoms with Crippen molar-refractivity contribution in [2.45, 2.75) is 153 Å². The van der Waals surface area contributed by atoms with Crippen LogP contribution in [0.25, 0.3) is 21.9 Å². The molecule has 0 fully saturated rings. The minimum Gasteiger partial charge on any atom is -0.508 e. The molecule has 10 atom stereocenters. The summed E-state index contributed by atoms with van der Waals surface area (Å²) in [5.74, 6) is -15.4. The number of nitrogens with two attached hydrogens (primary N) is 1. The highest BCUT2D eigenvalue weighted by molar-refractivity contribution is 6.07. The van der Waals surface area contributed by atoms with Gasteiger partial charge in [0.2, 0.25) is 53.2 Å². The van der Waals surface area contributed by atoms with Gasteiger partial charge < -0.3 is 83.5 Å². The molecule has 0 unspecified atom stereocenters. The molecule has 16 N–H and O–H groups in total. The second-order valence-electron chi connectivity index (χ2n) is 21.5. The average Bonchev–Trinajstić information content (AvgIpc) is 2.64. The van der Waals surface area contributed by atoms with Crippen LogP contribution < -0.4 is 53.6 Å². The number of nitrogens with one attached hydrogen (secondary N) is 9. The molecule has 0 spiro atoms. The first-order valence-corrected chi connectivity index (χ1v) is 28.7. The Balaban J connectivity index is 1.56. The Morgan fingerprint density at radius 1 is 0.529 bits per heavy atom. The largest absolute Gasteiger partial charge is 0.508 e. The molecule has 1 aromatic heterocycles. The van der Waals surface area contributed by atoms with E-state index in [1.54, 1.807) is 64.1 Å². The third kappa shape index (κ3) is 19.9. The Hall–Kier alpha value is -9.18. The highest BCUT2D eigenvalue weighted by Gasteiger charge is 2.38. The van der Waals surface area contributed by atoms with Crippen molar-refractivity contribution in [1.82, 2.24) is 47.9 Å². The molecule has 2 heterocycles. The monoisotopic (exact) mass is 1210 g/mol. The molecular weight excluding hydrogens is 1140 g/mol. The number of aliphatic carboxylic acids is 3. The van der Waals surface area contributed by atoms with E-state index in [0.717, 1.165) is 0 Å². The lowest BCUT2D eigenvalue weighted by atomic mass is 9.96. The van der Waals surface area contributed by atoms with E-state index in [2.05, 4.69) is 47.9 Å². The van der Waals surface area contributed by atoms with Crippen molar-refractivity contribution < 1.29 is 87.5 Å². The SMILES string of the molecule is CC[C@H](C)[C@@H]1NC(=O)[C@H](CC(=O)O)NC(=O)[C@H](CC(=O)O)NC(=O)CCc2cccc3c2oc2c(cccc23)CCNC(=O)[C@H](CC(=O)O)NC(=O)[C@H](Cc2ccc(O)cc2)NC(=O)[C@H]([C@@H](C)CC)NC(=O)[C@H](CO)NC(=O)[C@H](CCCCN)NC1=O. The maximum absolute atomic E-state index is 14.4. The van der Waals surface area contributed by atoms with Gasteiger partial charge in [-0.05, 0) is 79.3 Å². The van der Waals surface area contributed by atoms with Crippen LogP contribution in [0.2, 0.25) is 0 Å². The van der Waals surface area contributed by atoms with Gasteiger partial charge in [0.15, 0.2) is 0 Å². The van der Waals surface area contributed by atoms with E-state index in [1.165, 1.54) is 24.3 Å². The number of aliphatic hydroxyl groups excluding tert-OH is 1. The molecule has 3 aromatic carbocycles. The Bertz CT molecular complexity index is 3150. The molecule has 0 aliphatic carbocycles. The van der Waals surface area contributed by atoms with Gasteiger partial charge in [0.1, 0.15) is 65.3 Å². The number of carbonyl (C=O) groups excluding carboxylic acids is 9. The van der Waals surface area contributed by atoms with Crippen LogP contribution in [0.5, 0.6) is 5.75 Å². The van der Waals surface area contributed by atoms with Gasteiger partial charge in [0, 0.05) is 30.2 Å². The number of carboxylic acids is 3. The number of furan rings is 1. The lowest BCUT2D eigenvalue weighted by molar-refractivity contribution is -0.143. The molecule has 0 saturated heterocycles. The number of fused-ring (bicyclic) bond motifs is 1. The van der Waals surface area contributed by atoms with Crippen molar-refractivity contribution in [2.24, 2.45) is 17.6 Å². The predicted molar refractivity (Wildman–Crippen MR) is 312 cm³/mol. The number of carbonyl (C=O) groups is 12. The van der Waals surface area contributed by atoms with Crippen molar-refractivity contribution >= 4 is 93.0 Å². The molecule has 0 radical (unpaired) electrons. The number of benzene rings is 3. The topological polar surface area (TPSA) is 453 Å². The molecule has 4 aromatic rings. The van der Waals surface area contributed by atoms with Crippen LogP contribution in [0.1, 0.15) is 102 Å². The Morgan fingerprint density at radius 3 is 1.47 bits per heavy atom. The van der Waals surface area contributed by atoms with Crippen LogP contribution in [0.4, 0.5) is 0 Å². The standard InChI is InChI=1S/C59H78N10O18/c1-5-30(3)48-58(85)63-38(15-7-8-23-60)53(80)67-43(29-70)57(84)69-49(31(4)6-2)59(86)66-39(25-32-16-19-35(71)20-17-32)54(81)64-40(26-45(73)74)52(79)61-24-22-34-12-10-14-37-36-13-9-11-33(50(36)87-51(34)37)18-21-44(72)62-41(27-46(75)76)55(82)65-42(28-47(77)78)56(83)68-48/h9-14,16-17,19-20,30-31,38-43,48-49,70-71H,5-8,15,18,21-29,60H2,1-4H3,(H,61,79)(H,62,72)(H,63,85)(H,64,81)(H,65,82)(H,66,86)(H,67,80)(H,68,83)(H,69,84)(H,73,74)(H,75,76)(H,77,78)/t30-,31-,38-,39-,40-,41-,42-,43-,48-,49-/m0/s1. The van der Waals surface area contributed by atoms with E-state index < -0.39 is 157 Å². The van der Waals surface area contributed by atoms with Gasteiger partial charge in [-0.1, -0.05) is 89.1 Å². The Labute approximate surface area is 500 Å². The summed E-state index contributed by atoms with van der Waals surface area (Å²) in [6.07, 6.45) is -2.58. The summed E-state index contributed by atoms with van der Waals surface area (Å²) in [5.41, 5.74) is 8.01. The first-order chi connectivity index (χ1) is 41.4. The van der Waals surface area contributed by atoms with Crippen LogP contribution in [0, 0.1) is 11.8 Å². The number of aliphatic hydroxyl groups is 1. The first kappa shape index (κ1) is 68.6. The second kappa shape index (κ2) is 32.9. The van der Waals surface area contributed by atoms with E-state index in [9.17, 15) is 83.1 Å². The van der Waals surface area contributed by atoms with E-state index in [0.29, 0.717) is 45.0 Å². The summed E-state index contributed by atoms with van der Waals surface area (Å²) in [6.45, 7) is 5.50. The molecule has 472 valence electrons. The van der Waals surface area contributed by atoms with Crippen LogP contribution in [-0.2, 0) is 76.8 Å². The van der Waals surface area contributed by atoms with Crippen molar-refractivity contribution in [3.8, 4) is 5.75 Å². The molecule has 87 heavy (non-hydrogen) atoms. The zero-order valence-electron chi connectivity index (χ0n) is 48.8. The van der Waals surface area contributed by atoms with Gasteiger partial charge in [-0.3, -0.25) is 57.5 Å². The quantitative estimate of drug-likeness (QED) is 0.0601. The lowest BCUT2D eigenvalue weighted by Crippen LogP contribution is -2.62. The normalized spacial score (nSPS) is 23.0. The zero-order valence-corrected chi connectivity index (χ0v) is 48.8. The van der Waals surface area contributed by atoms with Gasteiger partial charge in [-0.25, -0.2) is 0 Å². The third-order valence-corrected chi connectivity index (χ3v) is 15.0. The summed E-state index contributed by atoms with van der Waals surface area (Å²) in [7, 11) is 0.